The molecule has 3 aromatic rings. The summed E-state index contributed by atoms with van der Waals surface area (Å²) in [5, 5.41) is 8.50. The molecule has 0 spiro atoms. The normalized spacial score (nSPS) is 15.8. The van der Waals surface area contributed by atoms with Crippen molar-refractivity contribution < 1.29 is 8.42 Å². The summed E-state index contributed by atoms with van der Waals surface area (Å²) in [7, 11) is -3.47. The molecule has 0 unspecified atom stereocenters. The molecule has 8 nitrogen and oxygen atoms in total. The van der Waals surface area contributed by atoms with Crippen molar-refractivity contribution in [2.45, 2.75) is 11.8 Å². The second-order valence-corrected chi connectivity index (χ2v) is 8.37. The lowest BCUT2D eigenvalue weighted by molar-refractivity contribution is 0.383. The number of anilines is 1. The van der Waals surface area contributed by atoms with Crippen molar-refractivity contribution in [3.8, 4) is 5.82 Å². The van der Waals surface area contributed by atoms with Gasteiger partial charge in [-0.1, -0.05) is 12.1 Å². The van der Waals surface area contributed by atoms with Crippen LogP contribution in [0.2, 0.25) is 0 Å². The lowest BCUT2D eigenvalue weighted by Gasteiger charge is -2.34. The van der Waals surface area contributed by atoms with Gasteiger partial charge in [-0.2, -0.15) is 4.31 Å². The smallest absolute Gasteiger partial charge is 0.243 e. The number of aryl methyl sites for hydroxylation is 1. The van der Waals surface area contributed by atoms with Crippen LogP contribution in [0.5, 0.6) is 0 Å². The van der Waals surface area contributed by atoms with E-state index in [0.717, 1.165) is 11.4 Å². The van der Waals surface area contributed by atoms with Crippen molar-refractivity contribution in [3.05, 3.63) is 60.7 Å². The van der Waals surface area contributed by atoms with Crippen molar-refractivity contribution in [3.63, 3.8) is 0 Å². The van der Waals surface area contributed by atoms with Crippen LogP contribution in [-0.2, 0) is 10.0 Å². The number of rotatable bonds is 4. The Hall–Kier alpha value is -2.78. The molecule has 140 valence electrons. The number of nitrogens with zero attached hydrogens (tertiary/aromatic N) is 6. The molecule has 4 rings (SSSR count). The van der Waals surface area contributed by atoms with Crippen LogP contribution in [0.4, 0.5) is 5.82 Å². The summed E-state index contributed by atoms with van der Waals surface area (Å²) in [6.07, 6.45) is 5.15. The monoisotopic (exact) mass is 384 g/mol. The Morgan fingerprint density at radius 3 is 2.33 bits per heavy atom. The van der Waals surface area contributed by atoms with E-state index in [9.17, 15) is 8.42 Å². The van der Waals surface area contributed by atoms with Gasteiger partial charge in [-0.05, 0) is 36.8 Å². The quantitative estimate of drug-likeness (QED) is 0.677. The molecule has 1 aliphatic rings. The summed E-state index contributed by atoms with van der Waals surface area (Å²) in [6.45, 7) is 3.87. The zero-order valence-electron chi connectivity index (χ0n) is 14.9. The summed E-state index contributed by atoms with van der Waals surface area (Å²) in [5.74, 6) is 1.43. The van der Waals surface area contributed by atoms with Gasteiger partial charge >= 0.3 is 0 Å². The van der Waals surface area contributed by atoms with E-state index in [0.29, 0.717) is 36.9 Å². The first-order valence-corrected chi connectivity index (χ1v) is 10.1. The molecule has 0 bridgehead atoms. The van der Waals surface area contributed by atoms with Crippen LogP contribution in [0.3, 0.4) is 0 Å². The van der Waals surface area contributed by atoms with E-state index in [1.54, 1.807) is 41.5 Å². The summed E-state index contributed by atoms with van der Waals surface area (Å²) < 4.78 is 29.0. The van der Waals surface area contributed by atoms with Gasteiger partial charge in [0.25, 0.3) is 0 Å². The molecule has 0 aliphatic carbocycles. The van der Waals surface area contributed by atoms with Crippen LogP contribution < -0.4 is 4.90 Å². The summed E-state index contributed by atoms with van der Waals surface area (Å²) in [5.41, 5.74) is 0.933. The maximum Gasteiger partial charge on any atom is 0.243 e. The highest BCUT2D eigenvalue weighted by Crippen LogP contribution is 2.20. The van der Waals surface area contributed by atoms with Crippen molar-refractivity contribution in [1.82, 2.24) is 24.1 Å². The minimum atomic E-state index is -3.47. The Morgan fingerprint density at radius 2 is 1.70 bits per heavy atom. The molecule has 1 aromatic carbocycles. The van der Waals surface area contributed by atoms with E-state index >= 15 is 0 Å². The maximum atomic E-state index is 12.8. The van der Waals surface area contributed by atoms with Crippen LogP contribution >= 0.6 is 0 Å². The van der Waals surface area contributed by atoms with Gasteiger partial charge < -0.3 is 4.90 Å². The SMILES string of the molecule is Cc1cccc(S(=O)(=O)N2CCN(c3ccc(-n4ccnc4)nn3)CC2)c1. The van der Waals surface area contributed by atoms with Crippen LogP contribution in [0.1, 0.15) is 5.56 Å². The van der Waals surface area contributed by atoms with Crippen LogP contribution in [0.25, 0.3) is 5.82 Å². The van der Waals surface area contributed by atoms with Gasteiger partial charge in [-0.15, -0.1) is 10.2 Å². The van der Waals surface area contributed by atoms with E-state index in [1.165, 1.54) is 4.31 Å². The minimum Gasteiger partial charge on any atom is -0.352 e. The largest absolute Gasteiger partial charge is 0.352 e. The fraction of sp³-hybridized carbons (Fsp3) is 0.278. The Kier molecular flexibility index (Phi) is 4.63. The van der Waals surface area contributed by atoms with Crippen LogP contribution in [0, 0.1) is 6.92 Å². The molecule has 27 heavy (non-hydrogen) atoms. The fourth-order valence-corrected chi connectivity index (χ4v) is 4.63. The molecular formula is C18H20N6O2S. The number of benzene rings is 1. The van der Waals surface area contributed by atoms with Gasteiger partial charge in [0, 0.05) is 38.6 Å². The third-order valence-electron chi connectivity index (χ3n) is 4.60. The zero-order chi connectivity index (χ0) is 18.9. The second kappa shape index (κ2) is 7.09. The first-order valence-electron chi connectivity index (χ1n) is 8.68. The highest BCUT2D eigenvalue weighted by Gasteiger charge is 2.29. The van der Waals surface area contributed by atoms with Gasteiger partial charge in [0.15, 0.2) is 11.6 Å². The number of hydrogen-bond donors (Lipinski definition) is 0. The molecule has 1 aliphatic heterocycles. The molecule has 2 aromatic heterocycles. The first-order chi connectivity index (χ1) is 13.0. The molecule has 3 heterocycles. The Labute approximate surface area is 158 Å². The fourth-order valence-electron chi connectivity index (χ4n) is 3.10. The number of piperazine rings is 1. The molecule has 0 saturated carbocycles. The van der Waals surface area contributed by atoms with Crippen molar-refractivity contribution in [2.75, 3.05) is 31.1 Å². The summed E-state index contributed by atoms with van der Waals surface area (Å²) in [4.78, 5) is 6.39. The standard InChI is InChI=1S/C18H20N6O2S/c1-15-3-2-4-16(13-15)27(25,26)24-11-9-22(10-12-24)17-5-6-18(21-20-17)23-8-7-19-14-23/h2-8,13-14H,9-12H2,1H3. The molecule has 1 saturated heterocycles. The van der Waals surface area contributed by atoms with Crippen molar-refractivity contribution >= 4 is 15.8 Å². The first kappa shape index (κ1) is 17.6. The lowest BCUT2D eigenvalue weighted by Crippen LogP contribution is -2.49. The summed E-state index contributed by atoms with van der Waals surface area (Å²) >= 11 is 0. The Balaban J connectivity index is 1.44. The third-order valence-corrected chi connectivity index (χ3v) is 6.49. The molecule has 0 radical (unpaired) electrons. The third kappa shape index (κ3) is 3.56. The minimum absolute atomic E-state index is 0.348. The van der Waals surface area contributed by atoms with Gasteiger partial charge in [0.2, 0.25) is 10.0 Å². The van der Waals surface area contributed by atoms with E-state index in [4.69, 9.17) is 0 Å². The average molecular weight is 384 g/mol. The van der Waals surface area contributed by atoms with Gasteiger partial charge in [0.05, 0.1) is 4.90 Å². The highest BCUT2D eigenvalue weighted by atomic mass is 32.2. The molecule has 1 fully saturated rings. The van der Waals surface area contributed by atoms with E-state index in [2.05, 4.69) is 15.2 Å². The second-order valence-electron chi connectivity index (χ2n) is 6.43. The predicted molar refractivity (Wildman–Crippen MR) is 101 cm³/mol. The van der Waals surface area contributed by atoms with Gasteiger partial charge in [-0.3, -0.25) is 4.57 Å². The lowest BCUT2D eigenvalue weighted by atomic mass is 10.2. The zero-order valence-corrected chi connectivity index (χ0v) is 15.7. The van der Waals surface area contributed by atoms with E-state index in [1.807, 2.05) is 30.0 Å². The number of sulfonamides is 1. The van der Waals surface area contributed by atoms with Crippen LogP contribution in [0.15, 0.2) is 60.0 Å². The average Bonchev–Trinajstić information content (AvgIpc) is 3.23. The molecule has 0 atom stereocenters. The number of imidazole rings is 1. The molecule has 0 amide bonds. The Morgan fingerprint density at radius 1 is 0.963 bits per heavy atom. The number of hydrogen-bond acceptors (Lipinski definition) is 6. The van der Waals surface area contributed by atoms with Crippen LogP contribution in [-0.4, -0.2) is 58.7 Å². The highest BCUT2D eigenvalue weighted by molar-refractivity contribution is 7.89. The van der Waals surface area contributed by atoms with E-state index < -0.39 is 10.0 Å². The molecule has 0 N–H and O–H groups in total. The topological polar surface area (TPSA) is 84.2 Å². The molecular weight excluding hydrogens is 364 g/mol. The van der Waals surface area contributed by atoms with Gasteiger partial charge in [-0.25, -0.2) is 13.4 Å². The predicted octanol–water partition coefficient (Wildman–Crippen LogP) is 1.48. The molecule has 9 heteroatoms. The van der Waals surface area contributed by atoms with Gasteiger partial charge in [0.1, 0.15) is 6.33 Å². The van der Waals surface area contributed by atoms with Crippen molar-refractivity contribution in [1.29, 1.82) is 0 Å². The maximum absolute atomic E-state index is 12.8. The Bertz CT molecular complexity index is 1010. The summed E-state index contributed by atoms with van der Waals surface area (Å²) in [6, 6.07) is 10.8. The number of aromatic nitrogens is 4. The van der Waals surface area contributed by atoms with Crippen molar-refractivity contribution in [2.24, 2.45) is 0 Å². The van der Waals surface area contributed by atoms with E-state index in [-0.39, 0.29) is 0 Å².